The zero-order valence-electron chi connectivity index (χ0n) is 10.00. The molecule has 5 nitrogen and oxygen atoms in total. The Morgan fingerprint density at radius 2 is 2.16 bits per heavy atom. The van der Waals surface area contributed by atoms with Crippen molar-refractivity contribution in [2.24, 2.45) is 0 Å². The van der Waals surface area contributed by atoms with Crippen molar-refractivity contribution in [3.63, 3.8) is 0 Å². The molecule has 2 aromatic rings. The van der Waals surface area contributed by atoms with E-state index in [9.17, 15) is 13.2 Å². The van der Waals surface area contributed by atoms with Crippen molar-refractivity contribution >= 4 is 21.4 Å². The first-order valence-corrected chi connectivity index (χ1v) is 8.13. The molecule has 0 amide bonds. The normalized spacial score (nSPS) is 16.2. The van der Waals surface area contributed by atoms with Gasteiger partial charge in [-0.25, -0.2) is 8.42 Å². The summed E-state index contributed by atoms with van der Waals surface area (Å²) in [6, 6.07) is 3.17. The summed E-state index contributed by atoms with van der Waals surface area (Å²) in [4.78, 5) is 15.4. The maximum Gasteiger partial charge on any atom is 0.248 e. The highest BCUT2D eigenvalue weighted by Gasteiger charge is 2.30. The molecule has 1 aliphatic heterocycles. The molecule has 19 heavy (non-hydrogen) atoms. The van der Waals surface area contributed by atoms with Crippen LogP contribution in [0.4, 0.5) is 0 Å². The summed E-state index contributed by atoms with van der Waals surface area (Å²) in [6.45, 7) is 0.764. The molecule has 0 aromatic carbocycles. The van der Waals surface area contributed by atoms with Crippen LogP contribution < -0.4 is 5.43 Å². The second-order valence-corrected chi connectivity index (χ2v) is 7.24. The second-order valence-electron chi connectivity index (χ2n) is 4.33. The first-order chi connectivity index (χ1) is 9.09. The summed E-state index contributed by atoms with van der Waals surface area (Å²) in [6.07, 6.45) is 3.38. The lowest BCUT2D eigenvalue weighted by atomic mass is 10.1. The van der Waals surface area contributed by atoms with Crippen LogP contribution in [0.2, 0.25) is 0 Å². The summed E-state index contributed by atoms with van der Waals surface area (Å²) >= 11 is 1.65. The minimum Gasteiger partial charge on any atom is -0.366 e. The molecular formula is C12H12N2O3S2. The quantitative estimate of drug-likeness (QED) is 0.905. The van der Waals surface area contributed by atoms with E-state index in [1.54, 1.807) is 11.3 Å². The molecule has 0 saturated heterocycles. The lowest BCUT2D eigenvalue weighted by molar-refractivity contribution is 0.393. The lowest BCUT2D eigenvalue weighted by Gasteiger charge is -2.25. The van der Waals surface area contributed by atoms with Gasteiger partial charge in [0.05, 0.1) is 0 Å². The first-order valence-electron chi connectivity index (χ1n) is 5.81. The molecule has 3 rings (SSSR count). The van der Waals surface area contributed by atoms with E-state index in [4.69, 9.17) is 0 Å². The molecule has 0 fully saturated rings. The van der Waals surface area contributed by atoms with Crippen molar-refractivity contribution in [2.45, 2.75) is 17.9 Å². The number of H-pyrrole nitrogens is 1. The van der Waals surface area contributed by atoms with Crippen LogP contribution in [0.25, 0.3) is 0 Å². The number of fused-ring (bicyclic) bond motifs is 1. The van der Waals surface area contributed by atoms with Gasteiger partial charge in [-0.15, -0.1) is 11.3 Å². The molecule has 0 spiro atoms. The van der Waals surface area contributed by atoms with E-state index >= 15 is 0 Å². The average molecular weight is 296 g/mol. The minimum absolute atomic E-state index is 0.186. The number of aromatic nitrogens is 1. The van der Waals surface area contributed by atoms with Crippen LogP contribution in [-0.4, -0.2) is 24.3 Å². The predicted octanol–water partition coefficient (Wildman–Crippen LogP) is 1.18. The Balaban J connectivity index is 1.99. The molecule has 7 heteroatoms. The van der Waals surface area contributed by atoms with Gasteiger partial charge in [0.15, 0.2) is 0 Å². The standard InChI is InChI=1S/C12H12N2O3S2/c15-10-1-4-13-7-12(10)19(16,17)14-5-2-11-9(8-14)3-6-18-11/h1,3-4,6-7H,2,5,8H2,(H,13,15). The Bertz CT molecular complexity index is 761. The van der Waals surface area contributed by atoms with Crippen molar-refractivity contribution in [2.75, 3.05) is 6.54 Å². The fourth-order valence-electron chi connectivity index (χ4n) is 2.17. The third-order valence-electron chi connectivity index (χ3n) is 3.18. The van der Waals surface area contributed by atoms with E-state index in [2.05, 4.69) is 4.98 Å². The highest BCUT2D eigenvalue weighted by Crippen LogP contribution is 2.27. The van der Waals surface area contributed by atoms with Gasteiger partial charge in [-0.05, 0) is 23.4 Å². The molecule has 100 valence electrons. The van der Waals surface area contributed by atoms with Gasteiger partial charge in [-0.3, -0.25) is 4.79 Å². The first kappa shape index (κ1) is 12.6. The van der Waals surface area contributed by atoms with Crippen molar-refractivity contribution in [1.82, 2.24) is 9.29 Å². The number of aromatic amines is 1. The molecule has 1 aliphatic rings. The Kier molecular flexibility index (Phi) is 3.04. The molecule has 0 aliphatic carbocycles. The number of hydrogen-bond acceptors (Lipinski definition) is 4. The molecule has 0 unspecified atom stereocenters. The third-order valence-corrected chi connectivity index (χ3v) is 6.07. The number of thiophene rings is 1. The fourth-order valence-corrected chi connectivity index (χ4v) is 4.52. The monoisotopic (exact) mass is 296 g/mol. The number of sulfonamides is 1. The second kappa shape index (κ2) is 4.59. The maximum absolute atomic E-state index is 12.4. The van der Waals surface area contributed by atoms with Gasteiger partial charge in [-0.1, -0.05) is 0 Å². The van der Waals surface area contributed by atoms with E-state index in [-0.39, 0.29) is 4.90 Å². The summed E-state index contributed by atoms with van der Waals surface area (Å²) < 4.78 is 26.3. The zero-order valence-corrected chi connectivity index (χ0v) is 11.6. The summed E-state index contributed by atoms with van der Waals surface area (Å²) in [7, 11) is -3.72. The third kappa shape index (κ3) is 2.13. The van der Waals surface area contributed by atoms with Gasteiger partial charge in [-0.2, -0.15) is 4.31 Å². The van der Waals surface area contributed by atoms with Crippen LogP contribution in [0.5, 0.6) is 0 Å². The summed E-state index contributed by atoms with van der Waals surface area (Å²) in [5.74, 6) is 0. The van der Waals surface area contributed by atoms with Crippen molar-refractivity contribution in [3.8, 4) is 0 Å². The van der Waals surface area contributed by atoms with Gasteiger partial charge in [0.25, 0.3) is 0 Å². The zero-order chi connectivity index (χ0) is 13.5. The van der Waals surface area contributed by atoms with E-state index in [1.165, 1.54) is 27.6 Å². The van der Waals surface area contributed by atoms with E-state index in [0.717, 1.165) is 5.56 Å². The molecule has 0 bridgehead atoms. The van der Waals surface area contributed by atoms with Crippen LogP contribution in [-0.2, 0) is 23.0 Å². The predicted molar refractivity (Wildman–Crippen MR) is 72.7 cm³/mol. The van der Waals surface area contributed by atoms with Gasteiger partial charge in [0.1, 0.15) is 4.90 Å². The summed E-state index contributed by atoms with van der Waals surface area (Å²) in [5, 5.41) is 1.97. The Hall–Kier alpha value is -1.44. The van der Waals surface area contributed by atoms with E-state index < -0.39 is 15.5 Å². The van der Waals surface area contributed by atoms with Crippen LogP contribution in [0.1, 0.15) is 10.4 Å². The van der Waals surface area contributed by atoms with E-state index in [1.807, 2.05) is 11.4 Å². The van der Waals surface area contributed by atoms with Crippen LogP contribution in [0.3, 0.4) is 0 Å². The highest BCUT2D eigenvalue weighted by molar-refractivity contribution is 7.89. The number of nitrogens with one attached hydrogen (secondary N) is 1. The van der Waals surface area contributed by atoms with Gasteiger partial charge in [0, 0.05) is 36.4 Å². The largest absolute Gasteiger partial charge is 0.366 e. The van der Waals surface area contributed by atoms with Gasteiger partial charge >= 0.3 is 0 Å². The number of pyridine rings is 1. The molecule has 2 aromatic heterocycles. The molecular weight excluding hydrogens is 284 g/mol. The molecule has 0 saturated carbocycles. The van der Waals surface area contributed by atoms with Crippen molar-refractivity contribution < 1.29 is 8.42 Å². The molecule has 0 radical (unpaired) electrons. The van der Waals surface area contributed by atoms with Crippen molar-refractivity contribution in [1.29, 1.82) is 0 Å². The number of hydrogen-bond donors (Lipinski definition) is 1. The van der Waals surface area contributed by atoms with Crippen molar-refractivity contribution in [3.05, 3.63) is 50.6 Å². The smallest absolute Gasteiger partial charge is 0.248 e. The topological polar surface area (TPSA) is 70.2 Å². The minimum atomic E-state index is -3.72. The SMILES string of the molecule is O=c1cc[nH]cc1S(=O)(=O)N1CCc2sccc2C1. The highest BCUT2D eigenvalue weighted by atomic mass is 32.2. The molecule has 0 atom stereocenters. The molecule has 3 heterocycles. The van der Waals surface area contributed by atoms with Gasteiger partial charge < -0.3 is 4.98 Å². The Morgan fingerprint density at radius 1 is 1.32 bits per heavy atom. The Morgan fingerprint density at radius 3 is 2.95 bits per heavy atom. The lowest BCUT2D eigenvalue weighted by Crippen LogP contribution is -2.37. The summed E-state index contributed by atoms with van der Waals surface area (Å²) in [5.41, 5.74) is 0.557. The van der Waals surface area contributed by atoms with Gasteiger partial charge in [0.2, 0.25) is 15.5 Å². The van der Waals surface area contributed by atoms with E-state index in [0.29, 0.717) is 19.5 Å². The fraction of sp³-hybridized carbons (Fsp3) is 0.250. The number of nitrogens with zero attached hydrogens (tertiary/aromatic N) is 1. The van der Waals surface area contributed by atoms with Crippen LogP contribution in [0.15, 0.2) is 39.6 Å². The number of rotatable bonds is 2. The average Bonchev–Trinajstić information content (AvgIpc) is 2.86. The van der Waals surface area contributed by atoms with Crippen LogP contribution in [0, 0.1) is 0 Å². The van der Waals surface area contributed by atoms with Crippen LogP contribution >= 0.6 is 11.3 Å². The molecule has 1 N–H and O–H groups in total. The maximum atomic E-state index is 12.4. The Labute approximate surface area is 114 Å².